The van der Waals surface area contributed by atoms with Gasteiger partial charge in [0.05, 0.1) is 25.7 Å². The molecule has 0 saturated heterocycles. The van der Waals surface area contributed by atoms with Gasteiger partial charge in [0.25, 0.3) is 0 Å². The molecule has 0 bridgehead atoms. The van der Waals surface area contributed by atoms with Crippen LogP contribution in [-0.4, -0.2) is 5.11 Å². The van der Waals surface area contributed by atoms with Gasteiger partial charge in [-0.05, 0) is 17.2 Å². The fourth-order valence-electron chi connectivity index (χ4n) is 1.58. The molecule has 3 nitrogen and oxygen atoms in total. The highest BCUT2D eigenvalue weighted by Crippen LogP contribution is 2.30. The zero-order chi connectivity index (χ0) is 9.26. The highest BCUT2D eigenvalue weighted by atomic mass is 16.5. The lowest BCUT2D eigenvalue weighted by atomic mass is 10.0. The predicted molar refractivity (Wildman–Crippen MR) is 45.9 cm³/mol. The second-order valence-electron chi connectivity index (χ2n) is 3.03. The van der Waals surface area contributed by atoms with Crippen LogP contribution in [0.2, 0.25) is 0 Å². The van der Waals surface area contributed by atoms with Crippen molar-refractivity contribution in [1.82, 2.24) is 0 Å². The standard InChI is InChI=1S/C10H9NO2/c11-4-3-8-9-6-13-5-7(9)1-2-10(8)12/h1-2,12H,3,5-6H2. The van der Waals surface area contributed by atoms with E-state index < -0.39 is 0 Å². The van der Waals surface area contributed by atoms with Gasteiger partial charge in [0.15, 0.2) is 0 Å². The maximum absolute atomic E-state index is 9.50. The monoisotopic (exact) mass is 175 g/mol. The molecular weight excluding hydrogens is 166 g/mol. The van der Waals surface area contributed by atoms with Crippen LogP contribution < -0.4 is 0 Å². The smallest absolute Gasteiger partial charge is 0.120 e. The van der Waals surface area contributed by atoms with E-state index >= 15 is 0 Å². The Kier molecular flexibility index (Phi) is 1.91. The molecule has 1 aromatic carbocycles. The lowest BCUT2D eigenvalue weighted by Crippen LogP contribution is -1.92. The lowest BCUT2D eigenvalue weighted by molar-refractivity contribution is 0.134. The first-order chi connectivity index (χ1) is 6.33. The van der Waals surface area contributed by atoms with Gasteiger partial charge in [-0.3, -0.25) is 0 Å². The minimum atomic E-state index is 0.200. The van der Waals surface area contributed by atoms with Gasteiger partial charge >= 0.3 is 0 Å². The van der Waals surface area contributed by atoms with Gasteiger partial charge < -0.3 is 9.84 Å². The van der Waals surface area contributed by atoms with E-state index in [9.17, 15) is 5.11 Å². The van der Waals surface area contributed by atoms with Gasteiger partial charge in [-0.25, -0.2) is 0 Å². The normalized spacial score (nSPS) is 13.8. The summed E-state index contributed by atoms with van der Waals surface area (Å²) in [5.74, 6) is 0.200. The van der Waals surface area contributed by atoms with E-state index in [0.717, 1.165) is 16.7 Å². The number of phenols is 1. The topological polar surface area (TPSA) is 53.2 Å². The van der Waals surface area contributed by atoms with E-state index in [4.69, 9.17) is 10.00 Å². The molecule has 13 heavy (non-hydrogen) atoms. The first-order valence-corrected chi connectivity index (χ1v) is 4.10. The van der Waals surface area contributed by atoms with E-state index in [2.05, 4.69) is 0 Å². The Balaban J connectivity index is 2.53. The summed E-state index contributed by atoms with van der Waals surface area (Å²) < 4.78 is 5.24. The van der Waals surface area contributed by atoms with Crippen LogP contribution in [-0.2, 0) is 24.4 Å². The van der Waals surface area contributed by atoms with E-state index in [1.54, 1.807) is 6.07 Å². The SMILES string of the molecule is N#CCc1c(O)ccc2c1COC2. The second kappa shape index (κ2) is 3.08. The summed E-state index contributed by atoms with van der Waals surface area (Å²) in [7, 11) is 0. The third kappa shape index (κ3) is 1.25. The van der Waals surface area contributed by atoms with Crippen molar-refractivity contribution in [3.63, 3.8) is 0 Å². The first kappa shape index (κ1) is 8.09. The molecule has 0 saturated carbocycles. The molecule has 0 radical (unpaired) electrons. The van der Waals surface area contributed by atoms with Gasteiger partial charge in [0, 0.05) is 5.56 Å². The molecule has 1 aliphatic heterocycles. The third-order valence-electron chi connectivity index (χ3n) is 2.26. The van der Waals surface area contributed by atoms with Crippen molar-refractivity contribution in [2.45, 2.75) is 19.6 Å². The molecule has 0 spiro atoms. The van der Waals surface area contributed by atoms with Crippen molar-refractivity contribution >= 4 is 0 Å². The van der Waals surface area contributed by atoms with Crippen LogP contribution in [0.3, 0.4) is 0 Å². The van der Waals surface area contributed by atoms with Crippen LogP contribution in [0.1, 0.15) is 16.7 Å². The van der Waals surface area contributed by atoms with Gasteiger partial charge in [-0.2, -0.15) is 5.26 Å². The number of hydrogen-bond acceptors (Lipinski definition) is 3. The summed E-state index contributed by atoms with van der Waals surface area (Å²) in [4.78, 5) is 0. The molecular formula is C10H9NO2. The van der Waals surface area contributed by atoms with Crippen LogP contribution in [0.5, 0.6) is 5.75 Å². The van der Waals surface area contributed by atoms with Gasteiger partial charge in [0.2, 0.25) is 0 Å². The molecule has 1 heterocycles. The average Bonchev–Trinajstić information content (AvgIpc) is 2.58. The van der Waals surface area contributed by atoms with E-state index in [0.29, 0.717) is 13.2 Å². The zero-order valence-corrected chi connectivity index (χ0v) is 7.08. The van der Waals surface area contributed by atoms with Crippen molar-refractivity contribution in [3.05, 3.63) is 28.8 Å². The molecule has 3 heteroatoms. The molecule has 0 aliphatic carbocycles. The number of ether oxygens (including phenoxy) is 1. The van der Waals surface area contributed by atoms with Crippen LogP contribution in [0.4, 0.5) is 0 Å². The third-order valence-corrected chi connectivity index (χ3v) is 2.26. The Bertz CT molecular complexity index is 379. The van der Waals surface area contributed by atoms with Crippen LogP contribution in [0, 0.1) is 11.3 Å². The molecule has 66 valence electrons. The van der Waals surface area contributed by atoms with E-state index in [1.165, 1.54) is 0 Å². The molecule has 2 rings (SSSR count). The van der Waals surface area contributed by atoms with Crippen LogP contribution in [0.25, 0.3) is 0 Å². The summed E-state index contributed by atoms with van der Waals surface area (Å²) >= 11 is 0. The summed E-state index contributed by atoms with van der Waals surface area (Å²) in [6, 6.07) is 5.51. The summed E-state index contributed by atoms with van der Waals surface area (Å²) in [5.41, 5.74) is 2.79. The molecule has 0 amide bonds. The molecule has 0 unspecified atom stereocenters. The van der Waals surface area contributed by atoms with E-state index in [-0.39, 0.29) is 12.2 Å². The van der Waals surface area contributed by atoms with Crippen molar-refractivity contribution < 1.29 is 9.84 Å². The van der Waals surface area contributed by atoms with Crippen molar-refractivity contribution in [2.75, 3.05) is 0 Å². The summed E-state index contributed by atoms with van der Waals surface area (Å²) in [6.07, 6.45) is 0.248. The van der Waals surface area contributed by atoms with Crippen molar-refractivity contribution in [1.29, 1.82) is 5.26 Å². The number of nitriles is 1. The number of rotatable bonds is 1. The minimum Gasteiger partial charge on any atom is -0.508 e. The maximum Gasteiger partial charge on any atom is 0.120 e. The Morgan fingerprint density at radius 2 is 2.31 bits per heavy atom. The predicted octanol–water partition coefficient (Wildman–Crippen LogP) is 1.49. The number of fused-ring (bicyclic) bond motifs is 1. The molecule has 1 aliphatic rings. The number of nitrogens with zero attached hydrogens (tertiary/aromatic N) is 1. The minimum absolute atomic E-state index is 0.200. The number of aromatic hydroxyl groups is 1. The molecule has 1 N–H and O–H groups in total. The quantitative estimate of drug-likeness (QED) is 0.703. The fraction of sp³-hybridized carbons (Fsp3) is 0.300. The highest BCUT2D eigenvalue weighted by Gasteiger charge is 2.17. The Morgan fingerprint density at radius 1 is 1.46 bits per heavy atom. The first-order valence-electron chi connectivity index (χ1n) is 4.10. The Labute approximate surface area is 76.2 Å². The van der Waals surface area contributed by atoms with Crippen molar-refractivity contribution in [2.24, 2.45) is 0 Å². The van der Waals surface area contributed by atoms with Gasteiger partial charge in [0.1, 0.15) is 5.75 Å². The van der Waals surface area contributed by atoms with Gasteiger partial charge in [-0.15, -0.1) is 0 Å². The van der Waals surface area contributed by atoms with Gasteiger partial charge in [-0.1, -0.05) is 6.07 Å². The number of benzene rings is 1. The average molecular weight is 175 g/mol. The Hall–Kier alpha value is -1.53. The van der Waals surface area contributed by atoms with Crippen LogP contribution in [0.15, 0.2) is 12.1 Å². The number of phenolic OH excluding ortho intramolecular Hbond substituents is 1. The largest absolute Gasteiger partial charge is 0.508 e. The molecule has 0 atom stereocenters. The lowest BCUT2D eigenvalue weighted by Gasteiger charge is -2.05. The molecule has 0 aromatic heterocycles. The molecule has 1 aromatic rings. The summed E-state index contributed by atoms with van der Waals surface area (Å²) in [6.45, 7) is 1.11. The molecule has 0 fully saturated rings. The van der Waals surface area contributed by atoms with Crippen molar-refractivity contribution in [3.8, 4) is 11.8 Å². The maximum atomic E-state index is 9.50. The highest BCUT2D eigenvalue weighted by molar-refractivity contribution is 5.46. The van der Waals surface area contributed by atoms with Crippen LogP contribution >= 0.6 is 0 Å². The second-order valence-corrected chi connectivity index (χ2v) is 3.03. The zero-order valence-electron chi connectivity index (χ0n) is 7.08. The number of hydrogen-bond donors (Lipinski definition) is 1. The fourth-order valence-corrected chi connectivity index (χ4v) is 1.58. The summed E-state index contributed by atoms with van der Waals surface area (Å²) in [5, 5.41) is 18.1. The Morgan fingerprint density at radius 3 is 3.08 bits per heavy atom. The van der Waals surface area contributed by atoms with E-state index in [1.807, 2.05) is 12.1 Å².